The third-order valence-electron chi connectivity index (χ3n) is 3.05. The van der Waals surface area contributed by atoms with Gasteiger partial charge in [-0.15, -0.1) is 0 Å². The molecule has 0 aliphatic carbocycles. The Balaban J connectivity index is 2.41. The van der Waals surface area contributed by atoms with E-state index in [2.05, 4.69) is 68.8 Å². The highest BCUT2D eigenvalue weighted by molar-refractivity contribution is 5.71. The Kier molecular flexibility index (Phi) is 3.98. The van der Waals surface area contributed by atoms with Crippen LogP contribution in [0.1, 0.15) is 30.9 Å². The first kappa shape index (κ1) is 11.9. The molecule has 2 rings (SSSR count). The molecule has 0 unspecified atom stereocenters. The van der Waals surface area contributed by atoms with E-state index in [1.807, 2.05) is 0 Å². The van der Waals surface area contributed by atoms with E-state index in [9.17, 15) is 0 Å². The van der Waals surface area contributed by atoms with Crippen molar-refractivity contribution < 1.29 is 0 Å². The van der Waals surface area contributed by atoms with Crippen molar-refractivity contribution in [1.29, 1.82) is 0 Å². The molecule has 2 aromatic carbocycles. The summed E-state index contributed by atoms with van der Waals surface area (Å²) in [6.07, 6.45) is 4.67. The van der Waals surface area contributed by atoms with Crippen LogP contribution in [0.2, 0.25) is 0 Å². The summed E-state index contributed by atoms with van der Waals surface area (Å²) < 4.78 is 0. The molecule has 0 saturated heterocycles. The van der Waals surface area contributed by atoms with Gasteiger partial charge in [-0.1, -0.05) is 61.9 Å². The zero-order valence-electron chi connectivity index (χ0n) is 10.6. The van der Waals surface area contributed by atoms with Crippen LogP contribution in [0.15, 0.2) is 48.5 Å². The van der Waals surface area contributed by atoms with Gasteiger partial charge in [0.05, 0.1) is 0 Å². The van der Waals surface area contributed by atoms with Crippen LogP contribution in [0.5, 0.6) is 0 Å². The second-order valence-corrected chi connectivity index (χ2v) is 4.39. The predicted octanol–water partition coefficient (Wildman–Crippen LogP) is 5.01. The maximum atomic E-state index is 2.34. The Labute approximate surface area is 104 Å². The number of unbranched alkanes of at least 4 members (excludes halogenated alkanes) is 1. The summed E-state index contributed by atoms with van der Waals surface area (Å²) in [5.74, 6) is 0. The summed E-state index contributed by atoms with van der Waals surface area (Å²) in [6, 6.07) is 17.2. The molecule has 0 aliphatic heterocycles. The van der Waals surface area contributed by atoms with E-state index in [1.54, 1.807) is 0 Å². The number of hydrogen-bond acceptors (Lipinski definition) is 0. The van der Waals surface area contributed by atoms with Gasteiger partial charge < -0.3 is 0 Å². The van der Waals surface area contributed by atoms with Gasteiger partial charge in [-0.2, -0.15) is 0 Å². The lowest BCUT2D eigenvalue weighted by Gasteiger charge is -2.11. The molecular weight excluding hydrogens is 204 g/mol. The fraction of sp³-hybridized carbons (Fsp3) is 0.235. The first-order valence-corrected chi connectivity index (χ1v) is 6.31. The largest absolute Gasteiger partial charge is 0.0654 e. The standard InChI is InChI=1S/C17H19/c1-3-4-10-15-11-6-8-13-17(15)16-12-7-5-9-14(16)2/h5-13H,3-4H2,1-2H3. The molecule has 0 aliphatic rings. The minimum atomic E-state index is 1.14. The van der Waals surface area contributed by atoms with Crippen molar-refractivity contribution in [2.24, 2.45) is 0 Å². The Bertz CT molecular complexity index is 483. The van der Waals surface area contributed by atoms with Gasteiger partial charge in [0, 0.05) is 0 Å². The molecule has 0 N–H and O–H groups in total. The van der Waals surface area contributed by atoms with Gasteiger partial charge in [0.15, 0.2) is 0 Å². The molecule has 0 heteroatoms. The van der Waals surface area contributed by atoms with Crippen LogP contribution in [0.3, 0.4) is 0 Å². The monoisotopic (exact) mass is 223 g/mol. The third-order valence-corrected chi connectivity index (χ3v) is 3.05. The van der Waals surface area contributed by atoms with Crippen molar-refractivity contribution in [1.82, 2.24) is 0 Å². The maximum Gasteiger partial charge on any atom is -0.00868 e. The van der Waals surface area contributed by atoms with Crippen LogP contribution in [-0.2, 0) is 0 Å². The lowest BCUT2D eigenvalue weighted by Crippen LogP contribution is -1.90. The Morgan fingerprint density at radius 2 is 1.53 bits per heavy atom. The quantitative estimate of drug-likeness (QED) is 0.683. The van der Waals surface area contributed by atoms with Crippen molar-refractivity contribution in [2.75, 3.05) is 0 Å². The van der Waals surface area contributed by atoms with Crippen molar-refractivity contribution in [3.8, 4) is 11.1 Å². The summed E-state index contributed by atoms with van der Waals surface area (Å²) in [7, 11) is 0. The molecule has 0 fully saturated rings. The highest BCUT2D eigenvalue weighted by atomic mass is 14.1. The van der Waals surface area contributed by atoms with Gasteiger partial charge in [0.2, 0.25) is 0 Å². The van der Waals surface area contributed by atoms with Gasteiger partial charge >= 0.3 is 0 Å². The number of aryl methyl sites for hydroxylation is 1. The predicted molar refractivity (Wildman–Crippen MR) is 74.9 cm³/mol. The number of benzene rings is 2. The molecule has 0 heterocycles. The van der Waals surface area contributed by atoms with Crippen LogP contribution in [0, 0.1) is 13.3 Å². The maximum absolute atomic E-state index is 2.34. The molecule has 0 bridgehead atoms. The molecule has 0 aromatic heterocycles. The van der Waals surface area contributed by atoms with Gasteiger partial charge in [-0.25, -0.2) is 0 Å². The van der Waals surface area contributed by atoms with Crippen molar-refractivity contribution >= 4 is 0 Å². The molecule has 17 heavy (non-hydrogen) atoms. The minimum Gasteiger partial charge on any atom is -0.0654 e. The summed E-state index contributed by atoms with van der Waals surface area (Å²) in [4.78, 5) is 0. The van der Waals surface area contributed by atoms with Crippen molar-refractivity contribution in [3.05, 3.63) is 66.1 Å². The molecule has 0 amide bonds. The van der Waals surface area contributed by atoms with Crippen LogP contribution in [0.25, 0.3) is 11.1 Å². The highest BCUT2D eigenvalue weighted by Gasteiger charge is 2.05. The molecule has 0 nitrogen and oxygen atoms in total. The second-order valence-electron chi connectivity index (χ2n) is 4.39. The summed E-state index contributed by atoms with van der Waals surface area (Å²) >= 11 is 0. The fourth-order valence-electron chi connectivity index (χ4n) is 2.10. The van der Waals surface area contributed by atoms with E-state index in [0.29, 0.717) is 0 Å². The molecule has 0 spiro atoms. The summed E-state index contributed by atoms with van der Waals surface area (Å²) in [5, 5.41) is 0. The van der Waals surface area contributed by atoms with E-state index >= 15 is 0 Å². The first-order valence-electron chi connectivity index (χ1n) is 6.31. The fourth-order valence-corrected chi connectivity index (χ4v) is 2.10. The smallest absolute Gasteiger partial charge is 0.00868 e. The van der Waals surface area contributed by atoms with Gasteiger partial charge in [0.25, 0.3) is 0 Å². The lowest BCUT2D eigenvalue weighted by molar-refractivity contribution is 0.914. The van der Waals surface area contributed by atoms with Crippen LogP contribution in [0.4, 0.5) is 0 Å². The third kappa shape index (κ3) is 2.76. The Morgan fingerprint density at radius 1 is 0.882 bits per heavy atom. The molecule has 0 saturated carbocycles. The van der Waals surface area contributed by atoms with E-state index in [1.165, 1.54) is 28.7 Å². The van der Waals surface area contributed by atoms with E-state index in [4.69, 9.17) is 0 Å². The zero-order chi connectivity index (χ0) is 12.1. The van der Waals surface area contributed by atoms with Crippen LogP contribution in [-0.4, -0.2) is 0 Å². The second kappa shape index (κ2) is 5.67. The number of hydrogen-bond donors (Lipinski definition) is 0. The van der Waals surface area contributed by atoms with Gasteiger partial charge in [-0.3, -0.25) is 0 Å². The topological polar surface area (TPSA) is 0 Å². The SMILES string of the molecule is CCC[CH]c1ccccc1-c1ccccc1C. The number of rotatable bonds is 4. The van der Waals surface area contributed by atoms with Crippen LogP contribution >= 0.6 is 0 Å². The Hall–Kier alpha value is -1.56. The zero-order valence-corrected chi connectivity index (χ0v) is 10.6. The van der Waals surface area contributed by atoms with Gasteiger partial charge in [-0.05, 0) is 42.0 Å². The normalized spacial score (nSPS) is 10.5. The van der Waals surface area contributed by atoms with Crippen molar-refractivity contribution in [3.63, 3.8) is 0 Å². The minimum absolute atomic E-state index is 1.14. The first-order chi connectivity index (χ1) is 8.33. The van der Waals surface area contributed by atoms with Gasteiger partial charge in [0.1, 0.15) is 0 Å². The van der Waals surface area contributed by atoms with Crippen molar-refractivity contribution in [2.45, 2.75) is 26.7 Å². The highest BCUT2D eigenvalue weighted by Crippen LogP contribution is 2.28. The molecule has 1 radical (unpaired) electrons. The summed E-state index contributed by atoms with van der Waals surface area (Å²) in [6.45, 7) is 4.39. The molecular formula is C17H19. The average molecular weight is 223 g/mol. The molecule has 0 atom stereocenters. The molecule has 87 valence electrons. The molecule has 2 aromatic rings. The lowest BCUT2D eigenvalue weighted by atomic mass is 9.93. The van der Waals surface area contributed by atoms with E-state index in [-0.39, 0.29) is 0 Å². The summed E-state index contributed by atoms with van der Waals surface area (Å²) in [5.41, 5.74) is 5.38. The average Bonchev–Trinajstić information content (AvgIpc) is 2.37. The van der Waals surface area contributed by atoms with Crippen LogP contribution < -0.4 is 0 Å². The van der Waals surface area contributed by atoms with E-state index in [0.717, 1.165) is 6.42 Å². The Morgan fingerprint density at radius 3 is 2.24 bits per heavy atom. The van der Waals surface area contributed by atoms with E-state index < -0.39 is 0 Å².